The van der Waals surface area contributed by atoms with Crippen molar-refractivity contribution in [3.05, 3.63) is 83.9 Å². The third kappa shape index (κ3) is 3.56. The van der Waals surface area contributed by atoms with Crippen molar-refractivity contribution >= 4 is 16.6 Å². The number of Topliss-reactive ketones (excluding diaryl/α,β-unsaturated/α-hetero) is 1. The van der Waals surface area contributed by atoms with Gasteiger partial charge < -0.3 is 5.73 Å². The molecule has 3 aromatic carbocycles. The first kappa shape index (κ1) is 14.9. The highest BCUT2D eigenvalue weighted by atomic mass is 16.1. The molecule has 0 amide bonds. The Labute approximate surface area is 125 Å². The summed E-state index contributed by atoms with van der Waals surface area (Å²) in [5.41, 5.74) is 6.36. The molecule has 0 aliphatic heterocycles. The van der Waals surface area contributed by atoms with Gasteiger partial charge in [0.05, 0.1) is 0 Å². The highest BCUT2D eigenvalue weighted by Crippen LogP contribution is 2.20. The lowest BCUT2D eigenvalue weighted by atomic mass is 9.98. The van der Waals surface area contributed by atoms with Gasteiger partial charge in [0.25, 0.3) is 0 Å². The van der Waals surface area contributed by atoms with Crippen molar-refractivity contribution in [1.29, 1.82) is 0 Å². The number of rotatable bonds is 3. The lowest BCUT2D eigenvalue weighted by Crippen LogP contribution is -2.03. The number of nitrogens with two attached hydrogens (primary N) is 1. The molecule has 3 rings (SSSR count). The Morgan fingerprint density at radius 1 is 0.810 bits per heavy atom. The average molecular weight is 277 g/mol. The second-order valence-corrected chi connectivity index (χ2v) is 4.60. The van der Waals surface area contributed by atoms with E-state index < -0.39 is 0 Å². The smallest absolute Gasteiger partial charge is 0.167 e. The summed E-state index contributed by atoms with van der Waals surface area (Å²) in [6, 6.07) is 23.8. The molecule has 2 N–H and O–H groups in total. The number of benzene rings is 3. The van der Waals surface area contributed by atoms with Gasteiger partial charge in [0.15, 0.2) is 5.78 Å². The highest BCUT2D eigenvalue weighted by molar-refractivity contribution is 6.00. The Balaban J connectivity index is 0.000000774. The van der Waals surface area contributed by atoms with Crippen LogP contribution < -0.4 is 5.73 Å². The van der Waals surface area contributed by atoms with Gasteiger partial charge in [-0.1, -0.05) is 72.8 Å². The first-order valence-corrected chi connectivity index (χ1v) is 6.97. The van der Waals surface area contributed by atoms with Crippen molar-refractivity contribution in [3.63, 3.8) is 0 Å². The summed E-state index contributed by atoms with van der Waals surface area (Å²) < 4.78 is 0. The zero-order chi connectivity index (χ0) is 15.1. The fraction of sp³-hybridized carbons (Fsp3) is 0.105. The predicted molar refractivity (Wildman–Crippen MR) is 88.5 cm³/mol. The van der Waals surface area contributed by atoms with Crippen LogP contribution in [0, 0.1) is 0 Å². The van der Waals surface area contributed by atoms with Crippen LogP contribution in [0.15, 0.2) is 72.8 Å². The van der Waals surface area contributed by atoms with Crippen LogP contribution in [0.1, 0.15) is 15.9 Å². The molecule has 3 aromatic rings. The summed E-state index contributed by atoms with van der Waals surface area (Å²) >= 11 is 0. The Kier molecular flexibility index (Phi) is 5.24. The molecular formula is C19H19NO. The van der Waals surface area contributed by atoms with Gasteiger partial charge in [-0.05, 0) is 23.4 Å². The summed E-state index contributed by atoms with van der Waals surface area (Å²) in [6.07, 6.45) is 0.450. The van der Waals surface area contributed by atoms with E-state index in [-0.39, 0.29) is 5.78 Å². The number of carbonyl (C=O) groups excluding carboxylic acids is 1. The molecule has 0 atom stereocenters. The molecule has 0 aromatic heterocycles. The lowest BCUT2D eigenvalue weighted by Gasteiger charge is -2.06. The maximum atomic E-state index is 12.3. The van der Waals surface area contributed by atoms with Gasteiger partial charge >= 0.3 is 0 Å². The second kappa shape index (κ2) is 7.36. The van der Waals surface area contributed by atoms with Crippen LogP contribution in [0.4, 0.5) is 0 Å². The summed E-state index contributed by atoms with van der Waals surface area (Å²) in [5, 5.41) is 2.34. The third-order valence-electron chi connectivity index (χ3n) is 3.33. The topological polar surface area (TPSA) is 43.1 Å². The first-order chi connectivity index (χ1) is 10.3. The van der Waals surface area contributed by atoms with Crippen LogP contribution in [0.5, 0.6) is 0 Å². The molecule has 0 saturated carbocycles. The minimum Gasteiger partial charge on any atom is -0.333 e. The molecule has 0 spiro atoms. The molecule has 0 heterocycles. The number of carbonyl (C=O) groups is 1. The SMILES string of the molecule is CN.O=C(Cc1cccc2ccccc12)c1ccccc1. The van der Waals surface area contributed by atoms with Crippen molar-refractivity contribution in [1.82, 2.24) is 0 Å². The average Bonchev–Trinajstić information content (AvgIpc) is 2.58. The van der Waals surface area contributed by atoms with Crippen LogP contribution in [-0.4, -0.2) is 12.8 Å². The van der Waals surface area contributed by atoms with E-state index in [9.17, 15) is 4.79 Å². The van der Waals surface area contributed by atoms with Crippen molar-refractivity contribution in [2.75, 3.05) is 7.05 Å². The zero-order valence-corrected chi connectivity index (χ0v) is 12.1. The highest BCUT2D eigenvalue weighted by Gasteiger charge is 2.08. The molecule has 2 nitrogen and oxygen atoms in total. The fourth-order valence-electron chi connectivity index (χ4n) is 2.35. The molecule has 0 radical (unpaired) electrons. The largest absolute Gasteiger partial charge is 0.333 e. The summed E-state index contributed by atoms with van der Waals surface area (Å²) in [4.78, 5) is 12.3. The Bertz CT molecular complexity index is 714. The standard InChI is InChI=1S/C18H14O.CH5N/c19-18(15-8-2-1-3-9-15)13-16-11-6-10-14-7-4-5-12-17(14)16;1-2/h1-12H,13H2;2H2,1H3. The Hall–Kier alpha value is -2.45. The zero-order valence-electron chi connectivity index (χ0n) is 12.1. The van der Waals surface area contributed by atoms with Crippen molar-refractivity contribution in [2.45, 2.75) is 6.42 Å². The summed E-state index contributed by atoms with van der Waals surface area (Å²) in [7, 11) is 1.50. The van der Waals surface area contributed by atoms with Gasteiger partial charge in [0.1, 0.15) is 0 Å². The molecular weight excluding hydrogens is 258 g/mol. The van der Waals surface area contributed by atoms with E-state index in [0.29, 0.717) is 6.42 Å². The van der Waals surface area contributed by atoms with Crippen molar-refractivity contribution < 1.29 is 4.79 Å². The minimum absolute atomic E-state index is 0.164. The minimum atomic E-state index is 0.164. The van der Waals surface area contributed by atoms with Gasteiger partial charge in [-0.25, -0.2) is 0 Å². The van der Waals surface area contributed by atoms with Crippen LogP contribution in [0.3, 0.4) is 0 Å². The lowest BCUT2D eigenvalue weighted by molar-refractivity contribution is 0.0993. The number of fused-ring (bicyclic) bond motifs is 1. The van der Waals surface area contributed by atoms with Gasteiger partial charge in [0.2, 0.25) is 0 Å². The van der Waals surface area contributed by atoms with E-state index in [2.05, 4.69) is 23.9 Å². The van der Waals surface area contributed by atoms with E-state index in [1.807, 2.05) is 54.6 Å². The van der Waals surface area contributed by atoms with Gasteiger partial charge in [-0.3, -0.25) is 4.79 Å². The first-order valence-electron chi connectivity index (χ1n) is 6.97. The van der Waals surface area contributed by atoms with Crippen LogP contribution in [-0.2, 0) is 6.42 Å². The normalized spacial score (nSPS) is 9.81. The molecule has 0 aliphatic carbocycles. The number of hydrogen-bond donors (Lipinski definition) is 1. The van der Waals surface area contributed by atoms with Gasteiger partial charge in [-0.2, -0.15) is 0 Å². The fourth-order valence-corrected chi connectivity index (χ4v) is 2.35. The molecule has 0 unspecified atom stereocenters. The van der Waals surface area contributed by atoms with Crippen molar-refractivity contribution in [3.8, 4) is 0 Å². The maximum absolute atomic E-state index is 12.3. The van der Waals surface area contributed by atoms with Gasteiger partial charge in [0, 0.05) is 12.0 Å². The Morgan fingerprint density at radius 3 is 2.19 bits per heavy atom. The molecule has 0 aliphatic rings. The monoisotopic (exact) mass is 277 g/mol. The van der Waals surface area contributed by atoms with Crippen LogP contribution in [0.25, 0.3) is 10.8 Å². The van der Waals surface area contributed by atoms with Gasteiger partial charge in [-0.15, -0.1) is 0 Å². The van der Waals surface area contributed by atoms with E-state index in [4.69, 9.17) is 0 Å². The van der Waals surface area contributed by atoms with E-state index in [0.717, 1.165) is 16.5 Å². The van der Waals surface area contributed by atoms with Crippen LogP contribution in [0.2, 0.25) is 0 Å². The quantitative estimate of drug-likeness (QED) is 0.739. The molecule has 0 bridgehead atoms. The number of ketones is 1. The molecule has 106 valence electrons. The second-order valence-electron chi connectivity index (χ2n) is 4.60. The van der Waals surface area contributed by atoms with E-state index >= 15 is 0 Å². The Morgan fingerprint density at radius 2 is 1.43 bits per heavy atom. The summed E-state index contributed by atoms with van der Waals surface area (Å²) in [6.45, 7) is 0. The third-order valence-corrected chi connectivity index (χ3v) is 3.33. The van der Waals surface area contributed by atoms with Crippen LogP contribution >= 0.6 is 0 Å². The van der Waals surface area contributed by atoms with E-state index in [1.165, 1.54) is 12.4 Å². The van der Waals surface area contributed by atoms with E-state index in [1.54, 1.807) is 0 Å². The molecule has 2 heteroatoms. The molecule has 0 saturated heterocycles. The summed E-state index contributed by atoms with van der Waals surface area (Å²) in [5.74, 6) is 0.164. The number of hydrogen-bond acceptors (Lipinski definition) is 2. The maximum Gasteiger partial charge on any atom is 0.167 e. The molecule has 21 heavy (non-hydrogen) atoms. The van der Waals surface area contributed by atoms with Crippen molar-refractivity contribution in [2.24, 2.45) is 5.73 Å². The predicted octanol–water partition coefficient (Wildman–Crippen LogP) is 3.84. The molecule has 0 fully saturated rings.